The van der Waals surface area contributed by atoms with E-state index in [9.17, 15) is 9.59 Å². The van der Waals surface area contributed by atoms with Gasteiger partial charge >= 0.3 is 11.9 Å². The van der Waals surface area contributed by atoms with Gasteiger partial charge in [0.15, 0.2) is 5.60 Å². The molecule has 122 valence electrons. The second-order valence-corrected chi connectivity index (χ2v) is 5.83. The molecule has 0 radical (unpaired) electrons. The molecule has 0 saturated heterocycles. The van der Waals surface area contributed by atoms with E-state index in [0.29, 0.717) is 5.75 Å². The lowest BCUT2D eigenvalue weighted by Gasteiger charge is -2.26. The van der Waals surface area contributed by atoms with Crippen LogP contribution in [-0.2, 0) is 19.1 Å². The van der Waals surface area contributed by atoms with E-state index >= 15 is 0 Å². The summed E-state index contributed by atoms with van der Waals surface area (Å²) in [4.78, 5) is 23.3. The van der Waals surface area contributed by atoms with Crippen LogP contribution in [0.3, 0.4) is 0 Å². The number of benzene rings is 1. The van der Waals surface area contributed by atoms with Crippen molar-refractivity contribution in [3.8, 4) is 5.75 Å². The first-order valence-corrected chi connectivity index (χ1v) is 7.16. The molecule has 0 amide bonds. The summed E-state index contributed by atoms with van der Waals surface area (Å²) in [6, 6.07) is 5.71. The minimum absolute atomic E-state index is 0.0866. The Morgan fingerprint density at radius 3 is 2.36 bits per heavy atom. The number of esters is 2. The van der Waals surface area contributed by atoms with Gasteiger partial charge in [-0.05, 0) is 43.9 Å². The van der Waals surface area contributed by atoms with Crippen molar-refractivity contribution in [3.63, 3.8) is 0 Å². The van der Waals surface area contributed by atoms with Crippen LogP contribution in [0.2, 0.25) is 0 Å². The Bertz CT molecular complexity index is 548. The second kappa shape index (κ2) is 7.29. The van der Waals surface area contributed by atoms with Crippen LogP contribution in [0, 0.1) is 6.92 Å². The van der Waals surface area contributed by atoms with Crippen LogP contribution in [0.4, 0.5) is 0 Å². The average Bonchev–Trinajstić information content (AvgIpc) is 2.45. The number of carbonyl (C=O) groups excluding carboxylic acids is 2. The summed E-state index contributed by atoms with van der Waals surface area (Å²) in [5.41, 5.74) is 0.750. The highest BCUT2D eigenvalue weighted by Gasteiger charge is 2.32. The first-order chi connectivity index (χ1) is 10.2. The molecule has 1 atom stereocenters. The van der Waals surface area contributed by atoms with E-state index in [1.54, 1.807) is 13.8 Å². The highest BCUT2D eigenvalue weighted by atomic mass is 16.6. The number of hydrogen-bond acceptors (Lipinski definition) is 5. The van der Waals surface area contributed by atoms with Crippen LogP contribution < -0.4 is 4.74 Å². The topological polar surface area (TPSA) is 61.8 Å². The Hall–Kier alpha value is -2.04. The summed E-state index contributed by atoms with van der Waals surface area (Å²) in [6.07, 6.45) is 0.245. The quantitative estimate of drug-likeness (QED) is 0.756. The molecule has 0 saturated carbocycles. The van der Waals surface area contributed by atoms with Crippen LogP contribution in [-0.4, -0.2) is 31.8 Å². The van der Waals surface area contributed by atoms with Crippen molar-refractivity contribution < 1.29 is 23.8 Å². The molecule has 22 heavy (non-hydrogen) atoms. The van der Waals surface area contributed by atoms with E-state index in [2.05, 4.69) is 0 Å². The minimum atomic E-state index is -1.11. The molecule has 5 heteroatoms. The molecule has 0 spiro atoms. The maximum atomic E-state index is 11.8. The van der Waals surface area contributed by atoms with Crippen molar-refractivity contribution in [2.45, 2.75) is 45.6 Å². The molecule has 1 rings (SSSR count). The van der Waals surface area contributed by atoms with Gasteiger partial charge in [0, 0.05) is 0 Å². The largest absolute Gasteiger partial charge is 0.476 e. The lowest BCUT2D eigenvalue weighted by molar-refractivity contribution is -0.156. The van der Waals surface area contributed by atoms with Crippen LogP contribution in [0.25, 0.3) is 0 Å². The van der Waals surface area contributed by atoms with Crippen LogP contribution in [0.15, 0.2) is 18.2 Å². The van der Waals surface area contributed by atoms with Gasteiger partial charge in [0.1, 0.15) is 5.75 Å². The van der Waals surface area contributed by atoms with Gasteiger partial charge in [-0.3, -0.25) is 4.79 Å². The fourth-order valence-electron chi connectivity index (χ4n) is 2.14. The third-order valence-corrected chi connectivity index (χ3v) is 3.44. The predicted molar refractivity (Wildman–Crippen MR) is 83.0 cm³/mol. The zero-order valence-corrected chi connectivity index (χ0v) is 14.1. The smallest absolute Gasteiger partial charge is 0.349 e. The maximum absolute atomic E-state index is 11.8. The molecule has 0 aliphatic rings. The first kappa shape index (κ1) is 18.0. The number of rotatable bonds is 6. The van der Waals surface area contributed by atoms with E-state index in [1.807, 2.05) is 32.0 Å². The molecular formula is C17H24O5. The number of ether oxygens (including phenoxy) is 3. The van der Waals surface area contributed by atoms with Gasteiger partial charge in [0.25, 0.3) is 0 Å². The van der Waals surface area contributed by atoms with Crippen molar-refractivity contribution in [1.29, 1.82) is 0 Å². The van der Waals surface area contributed by atoms with Crippen LogP contribution in [0.5, 0.6) is 5.75 Å². The Balaban J connectivity index is 3.10. The molecule has 0 aromatic heterocycles. The minimum Gasteiger partial charge on any atom is -0.476 e. The number of aryl methyl sites for hydroxylation is 1. The summed E-state index contributed by atoms with van der Waals surface area (Å²) in [5.74, 6) is -0.255. The number of methoxy groups -OCH3 is 2. The van der Waals surface area contributed by atoms with Crippen molar-refractivity contribution in [3.05, 3.63) is 29.3 Å². The summed E-state index contributed by atoms with van der Waals surface area (Å²) in [7, 11) is 2.69. The van der Waals surface area contributed by atoms with Crippen molar-refractivity contribution in [2.24, 2.45) is 0 Å². The molecule has 1 unspecified atom stereocenters. The Morgan fingerprint density at radius 2 is 1.82 bits per heavy atom. The van der Waals surface area contributed by atoms with Gasteiger partial charge in [-0.2, -0.15) is 0 Å². The zero-order valence-electron chi connectivity index (χ0n) is 14.1. The van der Waals surface area contributed by atoms with Gasteiger partial charge < -0.3 is 14.2 Å². The first-order valence-electron chi connectivity index (χ1n) is 7.16. The lowest BCUT2D eigenvalue weighted by Crippen LogP contribution is -2.39. The Kier molecular flexibility index (Phi) is 5.97. The summed E-state index contributed by atoms with van der Waals surface area (Å²) < 4.78 is 15.3. The number of carbonyl (C=O) groups is 2. The van der Waals surface area contributed by atoms with E-state index < -0.39 is 11.6 Å². The lowest BCUT2D eigenvalue weighted by atomic mass is 9.95. The van der Waals surface area contributed by atoms with Crippen LogP contribution >= 0.6 is 0 Å². The third-order valence-electron chi connectivity index (χ3n) is 3.44. The van der Waals surface area contributed by atoms with Gasteiger partial charge in [-0.1, -0.05) is 19.1 Å². The SMILES string of the molecule is COC(=O)CC(C)c1ccc(C)cc1OC(C)(C)C(=O)OC. The molecule has 0 aliphatic carbocycles. The van der Waals surface area contributed by atoms with E-state index in [1.165, 1.54) is 14.2 Å². The standard InChI is InChI=1S/C17H24O5/c1-11-7-8-13(12(2)10-15(18)20-5)14(9-11)22-17(3,4)16(19)21-6/h7-9,12H,10H2,1-6H3. The fourth-order valence-corrected chi connectivity index (χ4v) is 2.14. The summed E-state index contributed by atoms with van der Waals surface area (Å²) in [6.45, 7) is 7.15. The van der Waals surface area contributed by atoms with Crippen molar-refractivity contribution in [2.75, 3.05) is 14.2 Å². The molecule has 1 aromatic carbocycles. The molecule has 0 fully saturated rings. The monoisotopic (exact) mass is 308 g/mol. The summed E-state index contributed by atoms with van der Waals surface area (Å²) >= 11 is 0. The van der Waals surface area contributed by atoms with Gasteiger partial charge in [0.2, 0.25) is 0 Å². The Morgan fingerprint density at radius 1 is 1.18 bits per heavy atom. The molecule has 0 N–H and O–H groups in total. The predicted octanol–water partition coefficient (Wildman–Crippen LogP) is 2.99. The van der Waals surface area contributed by atoms with Crippen LogP contribution in [0.1, 0.15) is 44.2 Å². The van der Waals surface area contributed by atoms with E-state index in [-0.39, 0.29) is 18.3 Å². The molecule has 1 aromatic rings. The van der Waals surface area contributed by atoms with Gasteiger partial charge in [-0.25, -0.2) is 4.79 Å². The summed E-state index contributed by atoms with van der Waals surface area (Å²) in [5, 5.41) is 0. The van der Waals surface area contributed by atoms with E-state index in [0.717, 1.165) is 11.1 Å². The molecule has 0 heterocycles. The molecule has 0 bridgehead atoms. The normalized spacial score (nSPS) is 12.5. The Labute approximate surface area is 131 Å². The zero-order chi connectivity index (χ0) is 16.9. The number of hydrogen-bond donors (Lipinski definition) is 0. The average molecular weight is 308 g/mol. The second-order valence-electron chi connectivity index (χ2n) is 5.83. The maximum Gasteiger partial charge on any atom is 0.349 e. The van der Waals surface area contributed by atoms with E-state index in [4.69, 9.17) is 14.2 Å². The van der Waals surface area contributed by atoms with Gasteiger partial charge in [0.05, 0.1) is 20.6 Å². The highest BCUT2D eigenvalue weighted by molar-refractivity contribution is 5.79. The third kappa shape index (κ3) is 4.48. The fraction of sp³-hybridized carbons (Fsp3) is 0.529. The highest BCUT2D eigenvalue weighted by Crippen LogP contribution is 2.32. The van der Waals surface area contributed by atoms with Crippen molar-refractivity contribution >= 4 is 11.9 Å². The molecule has 0 aliphatic heterocycles. The molecule has 5 nitrogen and oxygen atoms in total. The van der Waals surface area contributed by atoms with Crippen molar-refractivity contribution in [1.82, 2.24) is 0 Å². The molecular weight excluding hydrogens is 284 g/mol. The van der Waals surface area contributed by atoms with Gasteiger partial charge in [-0.15, -0.1) is 0 Å².